The van der Waals surface area contributed by atoms with Crippen molar-refractivity contribution in [1.82, 2.24) is 0 Å². The molecule has 0 bridgehead atoms. The Hall–Kier alpha value is -2.94. The molecule has 2 rings (SSSR count). The number of nitrogens with two attached hydrogens (primary N) is 1. The molecule has 0 aliphatic heterocycles. The van der Waals surface area contributed by atoms with E-state index in [0.717, 1.165) is 32.1 Å². The summed E-state index contributed by atoms with van der Waals surface area (Å²) in [5.74, 6) is -0.901. The van der Waals surface area contributed by atoms with E-state index in [4.69, 9.17) is 24.7 Å². The van der Waals surface area contributed by atoms with Crippen LogP contribution in [0.3, 0.4) is 0 Å². The van der Waals surface area contributed by atoms with Crippen molar-refractivity contribution in [1.29, 1.82) is 0 Å². The van der Waals surface area contributed by atoms with Crippen LogP contribution in [-0.2, 0) is 35.1 Å². The molecule has 1 saturated carbocycles. The van der Waals surface area contributed by atoms with Crippen LogP contribution >= 0.6 is 0 Å². The maximum Gasteiger partial charge on any atom is 0.323 e. The highest BCUT2D eigenvalue weighted by atomic mass is 16.6. The van der Waals surface area contributed by atoms with Gasteiger partial charge in [-0.3, -0.25) is 19.2 Å². The Kier molecular flexibility index (Phi) is 14.1. The second-order valence-corrected chi connectivity index (χ2v) is 11.6. The Bertz CT molecular complexity index is 984. The molecule has 9 heteroatoms. The number of carbonyl (C=O) groups excluding carboxylic acids is 4. The van der Waals surface area contributed by atoms with E-state index in [9.17, 15) is 19.2 Å². The molecule has 1 aliphatic carbocycles. The van der Waals surface area contributed by atoms with E-state index >= 15 is 0 Å². The first-order valence-corrected chi connectivity index (χ1v) is 14.6. The van der Waals surface area contributed by atoms with Crippen molar-refractivity contribution in [2.75, 3.05) is 6.61 Å². The summed E-state index contributed by atoms with van der Waals surface area (Å²) < 4.78 is 21.8. The Morgan fingerprint density at radius 2 is 1.43 bits per heavy atom. The van der Waals surface area contributed by atoms with Gasteiger partial charge in [-0.05, 0) is 68.6 Å². The van der Waals surface area contributed by atoms with Crippen molar-refractivity contribution in [2.24, 2.45) is 23.5 Å². The van der Waals surface area contributed by atoms with Crippen molar-refractivity contribution in [3.8, 4) is 11.5 Å². The van der Waals surface area contributed by atoms with Crippen molar-refractivity contribution in [3.63, 3.8) is 0 Å². The van der Waals surface area contributed by atoms with Gasteiger partial charge in [0.15, 0.2) is 11.5 Å². The van der Waals surface area contributed by atoms with Gasteiger partial charge in [0.05, 0.1) is 5.92 Å². The van der Waals surface area contributed by atoms with Crippen LogP contribution in [-0.4, -0.2) is 42.6 Å². The average Bonchev–Trinajstić information content (AvgIpc) is 2.91. The van der Waals surface area contributed by atoms with Crippen LogP contribution in [0.1, 0.15) is 98.0 Å². The number of rotatable bonds is 15. The Labute approximate surface area is 238 Å². The number of benzene rings is 1. The van der Waals surface area contributed by atoms with Gasteiger partial charge in [-0.25, -0.2) is 0 Å². The average molecular weight is 562 g/mol. The lowest BCUT2D eigenvalue weighted by atomic mass is 9.89. The van der Waals surface area contributed by atoms with Gasteiger partial charge in [0.25, 0.3) is 0 Å². The smallest absolute Gasteiger partial charge is 0.323 e. The maximum absolute atomic E-state index is 12.6. The zero-order valence-corrected chi connectivity index (χ0v) is 24.7. The third-order valence-electron chi connectivity index (χ3n) is 6.78. The lowest BCUT2D eigenvalue weighted by molar-refractivity contribution is -0.161. The van der Waals surface area contributed by atoms with Gasteiger partial charge in [0.1, 0.15) is 18.8 Å². The van der Waals surface area contributed by atoms with E-state index in [1.54, 1.807) is 25.1 Å². The Morgan fingerprint density at radius 1 is 0.850 bits per heavy atom. The summed E-state index contributed by atoms with van der Waals surface area (Å²) in [6, 6.07) is 3.76. The fraction of sp³-hybridized carbons (Fsp3) is 0.677. The number of ether oxygens (including phenoxy) is 4. The summed E-state index contributed by atoms with van der Waals surface area (Å²) >= 11 is 0. The first-order valence-electron chi connectivity index (χ1n) is 14.6. The fourth-order valence-electron chi connectivity index (χ4n) is 4.32. The highest BCUT2D eigenvalue weighted by Gasteiger charge is 2.25. The lowest BCUT2D eigenvalue weighted by Crippen LogP contribution is -2.37. The summed E-state index contributed by atoms with van der Waals surface area (Å²) in [5.41, 5.74) is 6.72. The van der Waals surface area contributed by atoms with Crippen molar-refractivity contribution in [2.45, 2.75) is 111 Å². The first kappa shape index (κ1) is 33.3. The molecule has 2 atom stereocenters. The molecule has 1 aromatic carbocycles. The fourth-order valence-corrected chi connectivity index (χ4v) is 4.32. The number of hydrogen-bond acceptors (Lipinski definition) is 9. The van der Waals surface area contributed by atoms with E-state index in [1.165, 1.54) is 0 Å². The highest BCUT2D eigenvalue weighted by molar-refractivity contribution is 5.77. The van der Waals surface area contributed by atoms with Gasteiger partial charge in [-0.2, -0.15) is 0 Å². The summed E-state index contributed by atoms with van der Waals surface area (Å²) in [6.07, 6.45) is 6.13. The van der Waals surface area contributed by atoms with Gasteiger partial charge in [-0.15, -0.1) is 0 Å². The molecule has 1 fully saturated rings. The second-order valence-electron chi connectivity index (χ2n) is 11.6. The standard InChI is InChI=1S/C31H47NO8/c1-20(2)11-15-28(33)39-26-14-13-23(18-27(26)40-29(34)16-12-21(3)4)17-25(32)31(36)38-22(5)19-37-30(35)24-9-7-6-8-10-24/h13-14,18,20-22,24-25H,6-12,15-17,19,32H2,1-5H3/t22-,25-/m0/s1. The highest BCUT2D eigenvalue weighted by Crippen LogP contribution is 2.30. The molecule has 40 heavy (non-hydrogen) atoms. The number of esters is 4. The molecular formula is C31H47NO8. The van der Waals surface area contributed by atoms with Crippen LogP contribution in [0.15, 0.2) is 18.2 Å². The molecule has 1 aromatic rings. The zero-order valence-electron chi connectivity index (χ0n) is 24.7. The minimum Gasteiger partial charge on any atom is -0.462 e. The molecule has 0 radical (unpaired) electrons. The molecule has 9 nitrogen and oxygen atoms in total. The third-order valence-corrected chi connectivity index (χ3v) is 6.78. The van der Waals surface area contributed by atoms with Gasteiger partial charge >= 0.3 is 23.9 Å². The lowest BCUT2D eigenvalue weighted by Gasteiger charge is -2.22. The molecule has 2 N–H and O–H groups in total. The van der Waals surface area contributed by atoms with Crippen LogP contribution in [0.4, 0.5) is 0 Å². The minimum absolute atomic E-state index is 0.0266. The van der Waals surface area contributed by atoms with Crippen LogP contribution in [0.5, 0.6) is 11.5 Å². The monoisotopic (exact) mass is 561 g/mol. The largest absolute Gasteiger partial charge is 0.462 e. The molecule has 0 heterocycles. The number of carbonyl (C=O) groups is 4. The molecule has 0 spiro atoms. The zero-order chi connectivity index (χ0) is 29.7. The normalized spacial score (nSPS) is 15.4. The molecule has 1 aliphatic rings. The topological polar surface area (TPSA) is 131 Å². The Balaban J connectivity index is 1.98. The van der Waals surface area contributed by atoms with Crippen molar-refractivity contribution < 1.29 is 38.1 Å². The maximum atomic E-state index is 12.6. The number of hydrogen-bond donors (Lipinski definition) is 1. The van der Waals surface area contributed by atoms with E-state index in [-0.39, 0.29) is 49.3 Å². The summed E-state index contributed by atoms with van der Waals surface area (Å²) in [6.45, 7) is 9.68. The molecule has 0 aromatic heterocycles. The third kappa shape index (κ3) is 12.5. The molecular weight excluding hydrogens is 514 g/mol. The molecule has 0 unspecified atom stereocenters. The van der Waals surface area contributed by atoms with E-state index < -0.39 is 30.1 Å². The minimum atomic E-state index is -1.000. The molecule has 0 saturated heterocycles. The van der Waals surface area contributed by atoms with Gasteiger partial charge in [-0.1, -0.05) is 53.0 Å². The quantitative estimate of drug-likeness (QED) is 0.224. The van der Waals surface area contributed by atoms with Crippen LogP contribution in [0.2, 0.25) is 0 Å². The Morgan fingerprint density at radius 3 is 2.00 bits per heavy atom. The molecule has 224 valence electrons. The van der Waals surface area contributed by atoms with Crippen LogP contribution in [0.25, 0.3) is 0 Å². The summed E-state index contributed by atoms with van der Waals surface area (Å²) in [4.78, 5) is 49.6. The van der Waals surface area contributed by atoms with Gasteiger partial charge in [0, 0.05) is 12.8 Å². The van der Waals surface area contributed by atoms with Crippen LogP contribution in [0, 0.1) is 17.8 Å². The van der Waals surface area contributed by atoms with E-state index in [2.05, 4.69) is 0 Å². The summed E-state index contributed by atoms with van der Waals surface area (Å²) in [7, 11) is 0. The van der Waals surface area contributed by atoms with Gasteiger partial charge in [0.2, 0.25) is 0 Å². The predicted octanol–water partition coefficient (Wildman–Crippen LogP) is 5.29. The SMILES string of the molecule is CC(C)CCC(=O)Oc1ccc(C[C@H](N)C(=O)O[C@@H](C)COC(=O)C2CCCCC2)cc1OC(=O)CCC(C)C. The molecule has 0 amide bonds. The summed E-state index contributed by atoms with van der Waals surface area (Å²) in [5, 5.41) is 0. The second kappa shape index (κ2) is 17.0. The van der Waals surface area contributed by atoms with Crippen molar-refractivity contribution in [3.05, 3.63) is 23.8 Å². The van der Waals surface area contributed by atoms with Crippen LogP contribution < -0.4 is 15.2 Å². The van der Waals surface area contributed by atoms with Crippen molar-refractivity contribution >= 4 is 23.9 Å². The predicted molar refractivity (Wildman–Crippen MR) is 151 cm³/mol. The van der Waals surface area contributed by atoms with E-state index in [1.807, 2.05) is 27.7 Å². The van der Waals surface area contributed by atoms with E-state index in [0.29, 0.717) is 30.2 Å². The van der Waals surface area contributed by atoms with Gasteiger partial charge < -0.3 is 24.7 Å². The first-order chi connectivity index (χ1) is 18.9.